The summed E-state index contributed by atoms with van der Waals surface area (Å²) in [6.07, 6.45) is -2.25. The molecule has 3 fully saturated rings. The first-order valence-electron chi connectivity index (χ1n) is 14.7. The molecule has 44 heavy (non-hydrogen) atoms. The van der Waals surface area contributed by atoms with E-state index in [1.807, 2.05) is 23.7 Å². The third-order valence-corrected chi connectivity index (χ3v) is 9.63. The number of halogens is 5. The van der Waals surface area contributed by atoms with Gasteiger partial charge < -0.3 is 18.9 Å². The normalized spacial score (nSPS) is 24.6. The Kier molecular flexibility index (Phi) is 6.87. The van der Waals surface area contributed by atoms with Crippen molar-refractivity contribution in [1.82, 2.24) is 19.7 Å². The molecule has 3 aromatic rings. The number of hydrogen-bond acceptors (Lipinski definition) is 6. The Hall–Kier alpha value is -3.42. The number of piperidine rings is 1. The van der Waals surface area contributed by atoms with Gasteiger partial charge in [-0.2, -0.15) is 13.2 Å². The van der Waals surface area contributed by atoms with Crippen molar-refractivity contribution >= 4 is 11.6 Å². The van der Waals surface area contributed by atoms with Gasteiger partial charge in [-0.05, 0) is 53.8 Å². The number of rotatable bonds is 6. The fourth-order valence-corrected chi connectivity index (χ4v) is 7.10. The molecule has 7 rings (SSSR count). The third kappa shape index (κ3) is 4.80. The summed E-state index contributed by atoms with van der Waals surface area (Å²) in [5, 5.41) is 8.15. The van der Waals surface area contributed by atoms with Crippen LogP contribution in [0.5, 0.6) is 0 Å². The predicted molar refractivity (Wildman–Crippen MR) is 148 cm³/mol. The third-order valence-electron chi connectivity index (χ3n) is 9.63. The molecule has 5 heterocycles. The van der Waals surface area contributed by atoms with Crippen LogP contribution in [0.2, 0.25) is 0 Å². The van der Waals surface area contributed by atoms with Crippen molar-refractivity contribution in [2.45, 2.75) is 61.9 Å². The maximum Gasteiger partial charge on any atom is 0.416 e. The minimum Gasteiger partial charge on any atom is -0.379 e. The van der Waals surface area contributed by atoms with Crippen molar-refractivity contribution in [3.05, 3.63) is 76.4 Å². The highest BCUT2D eigenvalue weighted by Gasteiger charge is 2.59. The van der Waals surface area contributed by atoms with Gasteiger partial charge in [-0.3, -0.25) is 9.69 Å². The standard InChI is InChI=1S/C31H32F5N5O3/c1-39-19-37-38-26(39)13-28(17-43-18-28)21-4-2-5-22(12-21)41-15-24-23(27(41)42)10-20(11-25(24)31(34,35)36)14-40-8-7-30(32,33)29(16-40)6-3-9-44-29/h2,4-5,10-12,19H,3,6-9,13-18H2,1H3/t29-/m1/s1. The molecule has 0 radical (unpaired) electrons. The molecule has 0 aliphatic carbocycles. The van der Waals surface area contributed by atoms with Crippen molar-refractivity contribution in [2.24, 2.45) is 7.05 Å². The smallest absolute Gasteiger partial charge is 0.379 e. The zero-order valence-electron chi connectivity index (χ0n) is 24.2. The van der Waals surface area contributed by atoms with Crippen LogP contribution in [-0.2, 0) is 47.6 Å². The quantitative estimate of drug-likeness (QED) is 0.367. The van der Waals surface area contributed by atoms with Gasteiger partial charge in [0.25, 0.3) is 11.8 Å². The molecule has 1 amide bonds. The van der Waals surface area contributed by atoms with E-state index in [9.17, 15) is 26.7 Å². The topological polar surface area (TPSA) is 72.7 Å². The van der Waals surface area contributed by atoms with Gasteiger partial charge in [-0.25, -0.2) is 8.78 Å². The average Bonchev–Trinajstić information content (AvgIpc) is 3.68. The molecular formula is C31H32F5N5O3. The van der Waals surface area contributed by atoms with Crippen LogP contribution in [0.4, 0.5) is 27.6 Å². The molecule has 4 aliphatic rings. The number of anilines is 1. The predicted octanol–water partition coefficient (Wildman–Crippen LogP) is 4.90. The number of alkyl halides is 5. The maximum absolute atomic E-state index is 14.8. The minimum absolute atomic E-state index is 0.00484. The van der Waals surface area contributed by atoms with Crippen LogP contribution in [-0.4, -0.2) is 70.0 Å². The number of fused-ring (bicyclic) bond motifs is 1. The molecule has 1 spiro atoms. The van der Waals surface area contributed by atoms with E-state index in [1.165, 1.54) is 11.0 Å². The summed E-state index contributed by atoms with van der Waals surface area (Å²) >= 11 is 0. The van der Waals surface area contributed by atoms with E-state index >= 15 is 0 Å². The van der Waals surface area contributed by atoms with Gasteiger partial charge in [0.05, 0.1) is 25.3 Å². The number of benzene rings is 2. The Labute approximate surface area is 250 Å². The van der Waals surface area contributed by atoms with Crippen LogP contribution >= 0.6 is 0 Å². The molecule has 1 atom stereocenters. The Balaban J connectivity index is 1.17. The van der Waals surface area contributed by atoms with Crippen LogP contribution < -0.4 is 4.90 Å². The van der Waals surface area contributed by atoms with Crippen LogP contribution in [0.15, 0.2) is 42.7 Å². The second-order valence-electron chi connectivity index (χ2n) is 12.5. The lowest BCUT2D eigenvalue weighted by Gasteiger charge is -2.45. The highest BCUT2D eigenvalue weighted by molar-refractivity contribution is 6.10. The van der Waals surface area contributed by atoms with Crippen molar-refractivity contribution in [3.8, 4) is 0 Å². The number of carbonyl (C=O) groups excluding carboxylic acids is 1. The van der Waals surface area contributed by atoms with E-state index in [4.69, 9.17) is 9.47 Å². The van der Waals surface area contributed by atoms with Crippen molar-refractivity contribution < 1.29 is 36.2 Å². The van der Waals surface area contributed by atoms with E-state index in [1.54, 1.807) is 23.4 Å². The molecule has 2 aromatic carbocycles. The summed E-state index contributed by atoms with van der Waals surface area (Å²) < 4.78 is 85.7. The molecule has 0 saturated carbocycles. The number of aryl methyl sites for hydroxylation is 1. The maximum atomic E-state index is 14.8. The molecule has 1 aromatic heterocycles. The van der Waals surface area contributed by atoms with E-state index in [0.29, 0.717) is 31.7 Å². The first-order chi connectivity index (χ1) is 20.9. The second kappa shape index (κ2) is 10.3. The largest absolute Gasteiger partial charge is 0.416 e. The Morgan fingerprint density at radius 1 is 1.09 bits per heavy atom. The number of nitrogens with zero attached hydrogens (tertiary/aromatic N) is 5. The van der Waals surface area contributed by atoms with Crippen molar-refractivity contribution in [3.63, 3.8) is 0 Å². The first-order valence-corrected chi connectivity index (χ1v) is 14.7. The lowest BCUT2D eigenvalue weighted by molar-refractivity contribution is -0.220. The molecule has 13 heteroatoms. The summed E-state index contributed by atoms with van der Waals surface area (Å²) in [6, 6.07) is 9.82. The summed E-state index contributed by atoms with van der Waals surface area (Å²) in [4.78, 5) is 16.8. The second-order valence-corrected chi connectivity index (χ2v) is 12.5. The highest BCUT2D eigenvalue weighted by atomic mass is 19.4. The van der Waals surface area contributed by atoms with Gasteiger partial charge in [-0.1, -0.05) is 12.1 Å². The molecular weight excluding hydrogens is 585 g/mol. The van der Waals surface area contributed by atoms with E-state index in [0.717, 1.165) is 17.5 Å². The average molecular weight is 618 g/mol. The number of amides is 1. The van der Waals surface area contributed by atoms with Crippen LogP contribution in [0.3, 0.4) is 0 Å². The zero-order valence-corrected chi connectivity index (χ0v) is 24.2. The summed E-state index contributed by atoms with van der Waals surface area (Å²) in [5.41, 5.74) is -1.36. The van der Waals surface area contributed by atoms with E-state index < -0.39 is 41.0 Å². The van der Waals surface area contributed by atoms with Gasteiger partial charge >= 0.3 is 6.18 Å². The molecule has 4 aliphatic heterocycles. The fourth-order valence-electron chi connectivity index (χ4n) is 7.10. The first kappa shape index (κ1) is 29.3. The van der Waals surface area contributed by atoms with E-state index in [2.05, 4.69) is 10.2 Å². The lowest BCUT2D eigenvalue weighted by atomic mass is 9.75. The lowest BCUT2D eigenvalue weighted by Crippen LogP contribution is -2.60. The van der Waals surface area contributed by atoms with Gasteiger partial charge in [0.1, 0.15) is 17.8 Å². The van der Waals surface area contributed by atoms with Crippen LogP contribution in [0.1, 0.15) is 57.7 Å². The Morgan fingerprint density at radius 2 is 1.91 bits per heavy atom. The Morgan fingerprint density at radius 3 is 2.57 bits per heavy atom. The summed E-state index contributed by atoms with van der Waals surface area (Å²) in [5.74, 6) is -2.76. The molecule has 3 saturated heterocycles. The molecule has 234 valence electrons. The molecule has 0 unspecified atom stereocenters. The number of likely N-dealkylation sites (tertiary alicyclic amines) is 1. The van der Waals surface area contributed by atoms with Gasteiger partial charge in [-0.15, -0.1) is 10.2 Å². The number of aromatic nitrogens is 3. The van der Waals surface area contributed by atoms with Gasteiger partial charge in [0.2, 0.25) is 0 Å². The monoisotopic (exact) mass is 617 g/mol. The van der Waals surface area contributed by atoms with Crippen molar-refractivity contribution in [1.29, 1.82) is 0 Å². The SMILES string of the molecule is Cn1cnnc1CC1(c2cccc(N3Cc4c(cc(CN5CCC(F)(F)[C@@]6(CCCO6)C5)cc4C(F)(F)F)C3=O)c2)COC1. The molecule has 0 N–H and O–H groups in total. The van der Waals surface area contributed by atoms with Crippen LogP contribution in [0.25, 0.3) is 0 Å². The van der Waals surface area contributed by atoms with Crippen molar-refractivity contribution in [2.75, 3.05) is 37.8 Å². The minimum atomic E-state index is -4.70. The van der Waals surface area contributed by atoms with Gasteiger partial charge in [0, 0.05) is 62.8 Å². The van der Waals surface area contributed by atoms with E-state index in [-0.39, 0.29) is 55.9 Å². The number of carbonyl (C=O) groups is 1. The molecule has 0 bridgehead atoms. The fraction of sp³-hybridized carbons (Fsp3) is 0.516. The zero-order chi connectivity index (χ0) is 30.9. The summed E-state index contributed by atoms with van der Waals surface area (Å²) in [6.45, 7) is 0.827. The van der Waals surface area contributed by atoms with Crippen LogP contribution in [0, 0.1) is 0 Å². The summed E-state index contributed by atoms with van der Waals surface area (Å²) in [7, 11) is 1.85. The Bertz CT molecular complexity index is 1600. The number of hydrogen-bond donors (Lipinski definition) is 0. The molecule has 8 nitrogen and oxygen atoms in total. The number of ether oxygens (including phenoxy) is 2. The van der Waals surface area contributed by atoms with Gasteiger partial charge in [0.15, 0.2) is 0 Å². The highest BCUT2D eigenvalue weighted by Crippen LogP contribution is 2.46.